The first-order valence-electron chi connectivity index (χ1n) is 5.79. The lowest BCUT2D eigenvalue weighted by molar-refractivity contribution is -0.137. The van der Waals surface area contributed by atoms with Crippen LogP contribution in [0, 0.1) is 0 Å². The molecule has 1 amide bonds. The first-order valence-corrected chi connectivity index (χ1v) is 6.91. The van der Waals surface area contributed by atoms with Gasteiger partial charge in [0.1, 0.15) is 5.60 Å². The maximum absolute atomic E-state index is 12.6. The largest absolute Gasteiger partial charge is 0.444 e. The summed E-state index contributed by atoms with van der Waals surface area (Å²) in [6, 6.07) is 3.11. The van der Waals surface area contributed by atoms with Gasteiger partial charge in [0.2, 0.25) is 0 Å². The molecule has 20 heavy (non-hydrogen) atoms. The number of benzene rings is 1. The lowest BCUT2D eigenvalue weighted by Gasteiger charge is -2.20. The molecular formula is C13H15BrF3NO2. The van der Waals surface area contributed by atoms with Crippen molar-refractivity contribution in [2.75, 3.05) is 5.32 Å². The molecule has 1 aromatic carbocycles. The second kappa shape index (κ2) is 6.03. The van der Waals surface area contributed by atoms with Gasteiger partial charge in [-0.05, 0) is 44.5 Å². The van der Waals surface area contributed by atoms with Gasteiger partial charge in [-0.25, -0.2) is 4.79 Å². The number of nitrogens with one attached hydrogen (secondary N) is 1. The van der Waals surface area contributed by atoms with Crippen molar-refractivity contribution in [2.24, 2.45) is 0 Å². The van der Waals surface area contributed by atoms with Crippen molar-refractivity contribution in [3.05, 3.63) is 29.3 Å². The zero-order valence-corrected chi connectivity index (χ0v) is 12.9. The van der Waals surface area contributed by atoms with E-state index in [0.29, 0.717) is 5.56 Å². The molecule has 0 spiro atoms. The topological polar surface area (TPSA) is 38.3 Å². The molecule has 0 heterocycles. The molecule has 0 aliphatic carbocycles. The van der Waals surface area contributed by atoms with Crippen molar-refractivity contribution in [3.63, 3.8) is 0 Å². The van der Waals surface area contributed by atoms with Gasteiger partial charge < -0.3 is 4.74 Å². The van der Waals surface area contributed by atoms with Gasteiger partial charge in [0.05, 0.1) is 5.56 Å². The third kappa shape index (κ3) is 5.03. The number of anilines is 1. The molecule has 7 heteroatoms. The van der Waals surface area contributed by atoms with E-state index in [2.05, 4.69) is 21.2 Å². The summed E-state index contributed by atoms with van der Waals surface area (Å²) in [5.41, 5.74) is -0.832. The van der Waals surface area contributed by atoms with Crippen molar-refractivity contribution >= 4 is 27.7 Å². The van der Waals surface area contributed by atoms with E-state index >= 15 is 0 Å². The van der Waals surface area contributed by atoms with Gasteiger partial charge in [-0.15, -0.1) is 0 Å². The molecule has 3 nitrogen and oxygen atoms in total. The minimum atomic E-state index is -4.42. The van der Waals surface area contributed by atoms with Crippen LogP contribution in [0.1, 0.15) is 31.9 Å². The predicted octanol–water partition coefficient (Wildman–Crippen LogP) is 4.95. The third-order valence-corrected chi connectivity index (χ3v) is 2.82. The summed E-state index contributed by atoms with van der Waals surface area (Å²) in [6.07, 6.45) is -5.12. The van der Waals surface area contributed by atoms with Gasteiger partial charge in [-0.2, -0.15) is 13.2 Å². The minimum absolute atomic E-state index is 0.183. The van der Waals surface area contributed by atoms with Crippen molar-refractivity contribution in [3.8, 4) is 0 Å². The Kier molecular flexibility index (Phi) is 5.07. The molecule has 1 aromatic rings. The lowest BCUT2D eigenvalue weighted by Crippen LogP contribution is -2.27. The molecule has 0 radical (unpaired) electrons. The second-order valence-electron chi connectivity index (χ2n) is 5.13. The first kappa shape index (κ1) is 16.8. The number of carbonyl (C=O) groups is 1. The van der Waals surface area contributed by atoms with Gasteiger partial charge in [0.15, 0.2) is 0 Å². The second-order valence-corrected chi connectivity index (χ2v) is 5.69. The number of ether oxygens (including phenoxy) is 1. The molecule has 0 unspecified atom stereocenters. The highest BCUT2D eigenvalue weighted by atomic mass is 79.9. The summed E-state index contributed by atoms with van der Waals surface area (Å²) in [5.74, 6) is 0. The van der Waals surface area contributed by atoms with E-state index in [4.69, 9.17) is 4.74 Å². The van der Waals surface area contributed by atoms with Gasteiger partial charge in [0, 0.05) is 11.0 Å². The summed E-state index contributed by atoms with van der Waals surface area (Å²) >= 11 is 3.10. The maximum Gasteiger partial charge on any atom is 0.416 e. The molecule has 1 N–H and O–H groups in total. The van der Waals surface area contributed by atoms with Crippen molar-refractivity contribution in [1.82, 2.24) is 0 Å². The summed E-state index contributed by atoms with van der Waals surface area (Å²) < 4.78 is 42.8. The fraction of sp³-hybridized carbons (Fsp3) is 0.462. The highest BCUT2D eigenvalue weighted by Crippen LogP contribution is 2.32. The van der Waals surface area contributed by atoms with E-state index < -0.39 is 23.4 Å². The summed E-state index contributed by atoms with van der Waals surface area (Å²) in [6.45, 7) is 5.10. The summed E-state index contributed by atoms with van der Waals surface area (Å²) in [5, 5.41) is 2.62. The Morgan fingerprint density at radius 1 is 1.30 bits per heavy atom. The van der Waals surface area contributed by atoms with E-state index in [0.717, 1.165) is 12.1 Å². The molecule has 1 rings (SSSR count). The Morgan fingerprint density at radius 3 is 2.35 bits per heavy atom. The molecule has 0 saturated carbocycles. The SMILES string of the molecule is CC(C)(C)OC(=O)Nc1ccc(C(F)(F)F)cc1CBr. The van der Waals surface area contributed by atoms with Crippen LogP contribution in [-0.2, 0) is 16.2 Å². The Bertz CT molecular complexity index is 495. The number of rotatable bonds is 2. The number of alkyl halides is 4. The number of carbonyl (C=O) groups excluding carboxylic acids is 1. The normalized spacial score (nSPS) is 12.2. The van der Waals surface area contributed by atoms with E-state index in [1.807, 2.05) is 0 Å². The third-order valence-electron chi connectivity index (χ3n) is 2.21. The van der Waals surface area contributed by atoms with E-state index in [9.17, 15) is 18.0 Å². The average molecular weight is 354 g/mol. The van der Waals surface area contributed by atoms with Crippen LogP contribution >= 0.6 is 15.9 Å². The maximum atomic E-state index is 12.6. The molecular weight excluding hydrogens is 339 g/mol. The molecule has 0 aliphatic heterocycles. The van der Waals surface area contributed by atoms with E-state index in [-0.39, 0.29) is 11.0 Å². The number of hydrogen-bond donors (Lipinski definition) is 1. The van der Waals surface area contributed by atoms with Crippen molar-refractivity contribution < 1.29 is 22.7 Å². The smallest absolute Gasteiger partial charge is 0.416 e. The number of halogens is 4. The van der Waals surface area contributed by atoms with Crippen LogP contribution in [0.4, 0.5) is 23.7 Å². The first-order chi connectivity index (χ1) is 9.03. The van der Waals surface area contributed by atoms with E-state index in [1.165, 1.54) is 6.07 Å². The van der Waals surface area contributed by atoms with Crippen LogP contribution < -0.4 is 5.32 Å². The van der Waals surface area contributed by atoms with Crippen LogP contribution in [0.15, 0.2) is 18.2 Å². The van der Waals surface area contributed by atoms with Gasteiger partial charge in [-0.1, -0.05) is 15.9 Å². The highest BCUT2D eigenvalue weighted by Gasteiger charge is 2.31. The fourth-order valence-corrected chi connectivity index (χ4v) is 1.88. The minimum Gasteiger partial charge on any atom is -0.444 e. The zero-order valence-electron chi connectivity index (χ0n) is 11.3. The van der Waals surface area contributed by atoms with E-state index in [1.54, 1.807) is 20.8 Å². The van der Waals surface area contributed by atoms with Crippen LogP contribution in [0.25, 0.3) is 0 Å². The number of amides is 1. The molecule has 112 valence electrons. The molecule has 0 fully saturated rings. The predicted molar refractivity (Wildman–Crippen MR) is 73.9 cm³/mol. The zero-order chi connectivity index (χ0) is 15.6. The molecule has 0 aromatic heterocycles. The Morgan fingerprint density at radius 2 is 1.90 bits per heavy atom. The Hall–Kier alpha value is -1.24. The fourth-order valence-electron chi connectivity index (χ4n) is 1.42. The monoisotopic (exact) mass is 353 g/mol. The summed E-state index contributed by atoms with van der Waals surface area (Å²) in [7, 11) is 0. The molecule has 0 atom stereocenters. The van der Waals surface area contributed by atoms with Gasteiger partial charge >= 0.3 is 12.3 Å². The standard InChI is InChI=1S/C13H15BrF3NO2/c1-12(2,3)20-11(19)18-10-5-4-9(13(15,16)17)6-8(10)7-14/h4-6H,7H2,1-3H3,(H,18,19). The van der Waals surface area contributed by atoms with Crippen LogP contribution in [-0.4, -0.2) is 11.7 Å². The quantitative estimate of drug-likeness (QED) is 0.764. The van der Waals surface area contributed by atoms with Gasteiger partial charge in [0.25, 0.3) is 0 Å². The summed E-state index contributed by atoms with van der Waals surface area (Å²) in [4.78, 5) is 11.6. The van der Waals surface area contributed by atoms with Crippen molar-refractivity contribution in [2.45, 2.75) is 37.9 Å². The van der Waals surface area contributed by atoms with Crippen LogP contribution in [0.5, 0.6) is 0 Å². The average Bonchev–Trinajstić information content (AvgIpc) is 2.25. The van der Waals surface area contributed by atoms with Gasteiger partial charge in [-0.3, -0.25) is 5.32 Å². The Labute approximate surface area is 123 Å². The van der Waals surface area contributed by atoms with Crippen molar-refractivity contribution in [1.29, 1.82) is 0 Å². The molecule has 0 saturated heterocycles. The Balaban J connectivity index is 2.94. The lowest BCUT2D eigenvalue weighted by atomic mass is 10.1. The highest BCUT2D eigenvalue weighted by molar-refractivity contribution is 9.08. The van der Waals surface area contributed by atoms with Crippen LogP contribution in [0.3, 0.4) is 0 Å². The molecule has 0 aliphatic rings. The number of hydrogen-bond acceptors (Lipinski definition) is 2. The molecule has 0 bridgehead atoms. The van der Waals surface area contributed by atoms with Crippen LogP contribution in [0.2, 0.25) is 0 Å².